The molecule has 1 aromatic rings. The predicted molar refractivity (Wildman–Crippen MR) is 72.7 cm³/mol. The fraction of sp³-hybridized carbons (Fsp3) is 0.500. The van der Waals surface area contributed by atoms with Gasteiger partial charge in [-0.1, -0.05) is 0 Å². The molecule has 0 unspecified atom stereocenters. The van der Waals surface area contributed by atoms with Crippen LogP contribution in [0.2, 0.25) is 0 Å². The molecule has 0 aromatic carbocycles. The quantitative estimate of drug-likeness (QED) is 0.779. The Morgan fingerprint density at radius 2 is 2.05 bits per heavy atom. The minimum atomic E-state index is 0.412. The van der Waals surface area contributed by atoms with E-state index in [-0.39, 0.29) is 0 Å². The van der Waals surface area contributed by atoms with Crippen LogP contribution in [0.4, 0.5) is 5.69 Å². The van der Waals surface area contributed by atoms with Crippen LogP contribution in [-0.2, 0) is 4.74 Å². The predicted octanol–water partition coefficient (Wildman–Crippen LogP) is 1.94. The van der Waals surface area contributed by atoms with Crippen LogP contribution in [0.25, 0.3) is 0 Å². The van der Waals surface area contributed by atoms with E-state index in [0.29, 0.717) is 31.7 Å². The van der Waals surface area contributed by atoms with Gasteiger partial charge >= 0.3 is 0 Å². The molecule has 1 rings (SSSR count). The van der Waals surface area contributed by atoms with Gasteiger partial charge in [0.2, 0.25) is 0 Å². The number of hydrogen-bond donors (Lipinski definition) is 0. The van der Waals surface area contributed by atoms with Crippen LogP contribution in [0, 0.1) is 36.5 Å². The van der Waals surface area contributed by atoms with Crippen LogP contribution < -0.4 is 4.90 Å². The zero-order chi connectivity index (χ0) is 14.3. The molecule has 0 atom stereocenters. The third-order valence-electron chi connectivity index (χ3n) is 2.82. The highest BCUT2D eigenvalue weighted by Crippen LogP contribution is 2.23. The number of nitriles is 2. The lowest BCUT2D eigenvalue weighted by Gasteiger charge is -2.25. The minimum Gasteiger partial charge on any atom is -0.383 e. The van der Waals surface area contributed by atoms with Crippen LogP contribution >= 0.6 is 0 Å². The number of pyridine rings is 1. The normalized spacial score (nSPS) is 9.74. The Labute approximate surface area is 114 Å². The number of hydrogen-bond acceptors (Lipinski definition) is 5. The number of ether oxygens (including phenoxy) is 1. The van der Waals surface area contributed by atoms with Gasteiger partial charge in [0.1, 0.15) is 6.07 Å². The molecular formula is C14H18N4O. The number of anilines is 1. The van der Waals surface area contributed by atoms with Gasteiger partial charge in [-0.25, -0.2) is 0 Å². The Kier molecular flexibility index (Phi) is 5.78. The molecule has 0 aliphatic rings. The minimum absolute atomic E-state index is 0.412. The van der Waals surface area contributed by atoms with Gasteiger partial charge < -0.3 is 9.64 Å². The van der Waals surface area contributed by atoms with E-state index in [0.717, 1.165) is 17.1 Å². The van der Waals surface area contributed by atoms with Crippen molar-refractivity contribution in [2.75, 3.05) is 31.7 Å². The molecule has 0 spiro atoms. The van der Waals surface area contributed by atoms with E-state index in [1.165, 1.54) is 0 Å². The lowest BCUT2D eigenvalue weighted by atomic mass is 10.1. The highest BCUT2D eigenvalue weighted by Gasteiger charge is 2.14. The molecule has 0 bridgehead atoms. The first kappa shape index (κ1) is 14.9. The van der Waals surface area contributed by atoms with Crippen molar-refractivity contribution in [1.82, 2.24) is 4.98 Å². The number of rotatable bonds is 6. The summed E-state index contributed by atoms with van der Waals surface area (Å²) in [5.74, 6) is 0. The second kappa shape index (κ2) is 7.35. The molecule has 0 saturated carbocycles. The monoisotopic (exact) mass is 258 g/mol. The number of aryl methyl sites for hydroxylation is 2. The molecule has 0 saturated heterocycles. The lowest BCUT2D eigenvalue weighted by molar-refractivity contribution is 0.205. The van der Waals surface area contributed by atoms with Gasteiger partial charge in [0.25, 0.3) is 0 Å². The smallest absolute Gasteiger partial charge is 0.103 e. The molecule has 0 amide bonds. The third-order valence-corrected chi connectivity index (χ3v) is 2.82. The van der Waals surface area contributed by atoms with E-state index in [1.807, 2.05) is 24.8 Å². The Balaban J connectivity index is 3.13. The Morgan fingerprint density at radius 3 is 2.63 bits per heavy atom. The van der Waals surface area contributed by atoms with Crippen LogP contribution in [0.3, 0.4) is 0 Å². The molecule has 100 valence electrons. The summed E-state index contributed by atoms with van der Waals surface area (Å²) < 4.78 is 5.08. The lowest BCUT2D eigenvalue weighted by Crippen LogP contribution is -2.29. The maximum absolute atomic E-state index is 9.28. The van der Waals surface area contributed by atoms with Crippen molar-refractivity contribution in [2.45, 2.75) is 20.3 Å². The number of aromatic nitrogens is 1. The van der Waals surface area contributed by atoms with Crippen molar-refractivity contribution in [2.24, 2.45) is 0 Å². The molecule has 1 aromatic heterocycles. The summed E-state index contributed by atoms with van der Waals surface area (Å²) in [6, 6.07) is 6.21. The first-order chi connectivity index (χ1) is 9.13. The number of methoxy groups -OCH3 is 1. The summed E-state index contributed by atoms with van der Waals surface area (Å²) in [5.41, 5.74) is 2.99. The standard InChI is InChI=1S/C14H18N4O/c1-11-9-14(13(10-16)12(2)17-11)18(6-4-5-15)7-8-19-3/h9H,4,6-8H2,1-3H3. The summed E-state index contributed by atoms with van der Waals surface area (Å²) in [7, 11) is 1.64. The Morgan fingerprint density at radius 1 is 1.32 bits per heavy atom. The Hall–Kier alpha value is -2.11. The van der Waals surface area contributed by atoms with E-state index in [4.69, 9.17) is 10.00 Å². The molecule has 1 heterocycles. The van der Waals surface area contributed by atoms with Crippen LogP contribution in [0.15, 0.2) is 6.07 Å². The van der Waals surface area contributed by atoms with Crippen molar-refractivity contribution in [1.29, 1.82) is 10.5 Å². The van der Waals surface area contributed by atoms with Crippen molar-refractivity contribution in [3.05, 3.63) is 23.0 Å². The van der Waals surface area contributed by atoms with E-state index >= 15 is 0 Å². The zero-order valence-electron chi connectivity index (χ0n) is 11.6. The summed E-state index contributed by atoms with van der Waals surface area (Å²) >= 11 is 0. The fourth-order valence-corrected chi connectivity index (χ4v) is 1.93. The average molecular weight is 258 g/mol. The van der Waals surface area contributed by atoms with E-state index < -0.39 is 0 Å². The second-order valence-corrected chi connectivity index (χ2v) is 4.24. The summed E-state index contributed by atoms with van der Waals surface area (Å²) in [5, 5.41) is 18.0. The molecule has 0 aliphatic heterocycles. The highest BCUT2D eigenvalue weighted by atomic mass is 16.5. The molecule has 19 heavy (non-hydrogen) atoms. The maximum Gasteiger partial charge on any atom is 0.103 e. The summed E-state index contributed by atoms with van der Waals surface area (Å²) in [6.45, 7) is 5.51. The molecule has 0 fully saturated rings. The van der Waals surface area contributed by atoms with Gasteiger partial charge in [0.15, 0.2) is 0 Å². The third kappa shape index (κ3) is 3.94. The fourth-order valence-electron chi connectivity index (χ4n) is 1.93. The van der Waals surface area contributed by atoms with Crippen LogP contribution in [0.5, 0.6) is 0 Å². The molecular weight excluding hydrogens is 240 g/mol. The largest absolute Gasteiger partial charge is 0.383 e. The first-order valence-electron chi connectivity index (χ1n) is 6.13. The van der Waals surface area contributed by atoms with Crippen molar-refractivity contribution in [3.8, 4) is 12.1 Å². The van der Waals surface area contributed by atoms with Gasteiger partial charge in [0.05, 0.1) is 36.0 Å². The summed E-state index contributed by atoms with van der Waals surface area (Å²) in [4.78, 5) is 6.31. The van der Waals surface area contributed by atoms with Gasteiger partial charge in [0, 0.05) is 25.9 Å². The van der Waals surface area contributed by atoms with Gasteiger partial charge in [-0.15, -0.1) is 0 Å². The van der Waals surface area contributed by atoms with Crippen molar-refractivity contribution < 1.29 is 4.74 Å². The molecule has 0 N–H and O–H groups in total. The van der Waals surface area contributed by atoms with Gasteiger partial charge in [-0.05, 0) is 19.9 Å². The van der Waals surface area contributed by atoms with Gasteiger partial charge in [-0.2, -0.15) is 10.5 Å². The SMILES string of the molecule is COCCN(CCC#N)c1cc(C)nc(C)c1C#N. The topological polar surface area (TPSA) is 72.9 Å². The summed E-state index contributed by atoms with van der Waals surface area (Å²) in [6.07, 6.45) is 0.412. The van der Waals surface area contributed by atoms with E-state index in [1.54, 1.807) is 7.11 Å². The first-order valence-corrected chi connectivity index (χ1v) is 6.13. The van der Waals surface area contributed by atoms with Crippen molar-refractivity contribution in [3.63, 3.8) is 0 Å². The van der Waals surface area contributed by atoms with E-state index in [9.17, 15) is 5.26 Å². The highest BCUT2D eigenvalue weighted by molar-refractivity contribution is 5.61. The average Bonchev–Trinajstić information content (AvgIpc) is 2.38. The second-order valence-electron chi connectivity index (χ2n) is 4.24. The molecule has 0 aliphatic carbocycles. The van der Waals surface area contributed by atoms with Crippen LogP contribution in [0.1, 0.15) is 23.4 Å². The van der Waals surface area contributed by atoms with Gasteiger partial charge in [-0.3, -0.25) is 4.98 Å². The number of nitrogens with zero attached hydrogens (tertiary/aromatic N) is 4. The Bertz CT molecular complexity index is 513. The maximum atomic E-state index is 9.28. The van der Waals surface area contributed by atoms with E-state index in [2.05, 4.69) is 17.1 Å². The molecule has 5 nitrogen and oxygen atoms in total. The molecule has 5 heteroatoms. The zero-order valence-corrected chi connectivity index (χ0v) is 11.6. The van der Waals surface area contributed by atoms with Crippen LogP contribution in [-0.4, -0.2) is 31.8 Å². The van der Waals surface area contributed by atoms with Crippen molar-refractivity contribution >= 4 is 5.69 Å². The molecule has 0 radical (unpaired) electrons.